The van der Waals surface area contributed by atoms with Crippen molar-refractivity contribution in [2.45, 2.75) is 6.42 Å². The fourth-order valence-corrected chi connectivity index (χ4v) is 1.02. The molecule has 0 aliphatic heterocycles. The number of rotatable bonds is 1. The Morgan fingerprint density at radius 2 is 2.29 bits per heavy atom. The second kappa shape index (κ2) is 4.64. The van der Waals surface area contributed by atoms with Crippen LogP contribution in [0.15, 0.2) is 18.2 Å². The Bertz CT molecular complexity index is 418. The Morgan fingerprint density at radius 3 is 2.86 bits per heavy atom. The van der Waals surface area contributed by atoms with Gasteiger partial charge in [-0.2, -0.15) is 0 Å². The SMILES string of the molecule is O=C(O)CC#Cc1ccc(F)cc1Cl. The summed E-state index contributed by atoms with van der Waals surface area (Å²) in [5.74, 6) is 3.50. The van der Waals surface area contributed by atoms with E-state index in [9.17, 15) is 9.18 Å². The zero-order valence-corrected chi connectivity index (χ0v) is 7.81. The van der Waals surface area contributed by atoms with Crippen molar-refractivity contribution in [3.8, 4) is 11.8 Å². The third kappa shape index (κ3) is 3.08. The number of hydrogen-bond acceptors (Lipinski definition) is 1. The Hall–Kier alpha value is -1.53. The Morgan fingerprint density at radius 1 is 1.57 bits per heavy atom. The van der Waals surface area contributed by atoms with E-state index in [1.807, 2.05) is 0 Å². The highest BCUT2D eigenvalue weighted by Crippen LogP contribution is 2.15. The van der Waals surface area contributed by atoms with E-state index >= 15 is 0 Å². The molecule has 0 spiro atoms. The molecule has 0 amide bonds. The predicted octanol–water partition coefficient (Wildman–Crippen LogP) is 2.31. The van der Waals surface area contributed by atoms with Crippen molar-refractivity contribution in [3.05, 3.63) is 34.6 Å². The second-order valence-electron chi connectivity index (χ2n) is 2.50. The maximum atomic E-state index is 12.6. The molecule has 0 aliphatic rings. The van der Waals surface area contributed by atoms with Crippen molar-refractivity contribution in [1.29, 1.82) is 0 Å². The zero-order valence-electron chi connectivity index (χ0n) is 7.05. The summed E-state index contributed by atoms with van der Waals surface area (Å²) in [5.41, 5.74) is 0.425. The van der Waals surface area contributed by atoms with Gasteiger partial charge in [-0.25, -0.2) is 4.39 Å². The molecule has 72 valence electrons. The predicted molar refractivity (Wildman–Crippen MR) is 50.5 cm³/mol. The number of halogens is 2. The fraction of sp³-hybridized carbons (Fsp3) is 0.100. The quantitative estimate of drug-likeness (QED) is 0.726. The molecule has 0 fully saturated rings. The lowest BCUT2D eigenvalue weighted by Gasteiger charge is -1.94. The monoisotopic (exact) mass is 212 g/mol. The summed E-state index contributed by atoms with van der Waals surface area (Å²) >= 11 is 5.65. The molecule has 0 unspecified atom stereocenters. The minimum atomic E-state index is -1.00. The van der Waals surface area contributed by atoms with Gasteiger partial charge in [-0.05, 0) is 18.2 Å². The normalized spacial score (nSPS) is 9.00. The van der Waals surface area contributed by atoms with E-state index < -0.39 is 11.8 Å². The van der Waals surface area contributed by atoms with E-state index in [2.05, 4.69) is 11.8 Å². The van der Waals surface area contributed by atoms with Crippen LogP contribution in [0, 0.1) is 17.7 Å². The zero-order chi connectivity index (χ0) is 10.6. The second-order valence-corrected chi connectivity index (χ2v) is 2.90. The van der Waals surface area contributed by atoms with Gasteiger partial charge in [0.15, 0.2) is 0 Å². The smallest absolute Gasteiger partial charge is 0.315 e. The molecule has 0 atom stereocenters. The van der Waals surface area contributed by atoms with E-state index in [1.54, 1.807) is 0 Å². The van der Waals surface area contributed by atoms with Crippen molar-refractivity contribution < 1.29 is 14.3 Å². The van der Waals surface area contributed by atoms with Crippen LogP contribution in [0.1, 0.15) is 12.0 Å². The summed E-state index contributed by atoms with van der Waals surface area (Å²) in [5, 5.41) is 8.49. The van der Waals surface area contributed by atoms with Crippen LogP contribution in [0.3, 0.4) is 0 Å². The average Bonchev–Trinajstić information content (AvgIpc) is 2.08. The highest BCUT2D eigenvalue weighted by Gasteiger charge is 1.98. The van der Waals surface area contributed by atoms with Crippen LogP contribution in [-0.2, 0) is 4.79 Å². The molecule has 0 aliphatic carbocycles. The largest absolute Gasteiger partial charge is 0.481 e. The minimum Gasteiger partial charge on any atom is -0.481 e. The summed E-state index contributed by atoms with van der Waals surface area (Å²) in [6, 6.07) is 3.76. The van der Waals surface area contributed by atoms with Gasteiger partial charge < -0.3 is 5.11 Å². The summed E-state index contributed by atoms with van der Waals surface area (Å²) < 4.78 is 12.6. The molecule has 14 heavy (non-hydrogen) atoms. The number of carbonyl (C=O) groups is 1. The number of aliphatic carboxylic acids is 1. The first kappa shape index (κ1) is 10.6. The van der Waals surface area contributed by atoms with Crippen LogP contribution in [0.25, 0.3) is 0 Å². The molecular formula is C10H6ClFO2. The van der Waals surface area contributed by atoms with Crippen LogP contribution in [0.4, 0.5) is 4.39 Å². The van der Waals surface area contributed by atoms with Gasteiger partial charge in [-0.3, -0.25) is 4.79 Å². The molecule has 0 bridgehead atoms. The first-order valence-corrected chi connectivity index (χ1v) is 4.13. The molecule has 0 heterocycles. The molecular weight excluding hydrogens is 207 g/mol. The van der Waals surface area contributed by atoms with Crippen molar-refractivity contribution >= 4 is 17.6 Å². The molecule has 0 saturated carbocycles. The van der Waals surface area contributed by atoms with E-state index in [0.29, 0.717) is 5.56 Å². The van der Waals surface area contributed by atoms with Gasteiger partial charge in [0.1, 0.15) is 12.2 Å². The third-order valence-corrected chi connectivity index (χ3v) is 1.71. The van der Waals surface area contributed by atoms with Gasteiger partial charge in [0.05, 0.1) is 5.02 Å². The minimum absolute atomic E-state index is 0.183. The Kier molecular flexibility index (Phi) is 3.49. The molecule has 1 aromatic carbocycles. The lowest BCUT2D eigenvalue weighted by Crippen LogP contribution is -1.90. The van der Waals surface area contributed by atoms with Crippen molar-refractivity contribution in [1.82, 2.24) is 0 Å². The Labute approximate surface area is 85.3 Å². The van der Waals surface area contributed by atoms with Crippen molar-refractivity contribution in [3.63, 3.8) is 0 Å². The van der Waals surface area contributed by atoms with Crippen molar-refractivity contribution in [2.75, 3.05) is 0 Å². The van der Waals surface area contributed by atoms with Gasteiger partial charge in [0.2, 0.25) is 0 Å². The van der Waals surface area contributed by atoms with E-state index in [4.69, 9.17) is 16.7 Å². The van der Waals surface area contributed by atoms with Gasteiger partial charge in [-0.15, -0.1) is 0 Å². The van der Waals surface area contributed by atoms with Gasteiger partial charge >= 0.3 is 5.97 Å². The summed E-state index contributed by atoms with van der Waals surface area (Å²) in [7, 11) is 0. The summed E-state index contributed by atoms with van der Waals surface area (Å²) in [6.07, 6.45) is -0.256. The van der Waals surface area contributed by atoms with E-state index in [0.717, 1.165) is 6.07 Å². The van der Waals surface area contributed by atoms with Crippen LogP contribution >= 0.6 is 11.6 Å². The molecule has 0 saturated heterocycles. The topological polar surface area (TPSA) is 37.3 Å². The van der Waals surface area contributed by atoms with Crippen LogP contribution in [-0.4, -0.2) is 11.1 Å². The standard InChI is InChI=1S/C10H6ClFO2/c11-9-6-8(12)5-4-7(9)2-1-3-10(13)14/h4-6H,3H2,(H,13,14). The van der Waals surface area contributed by atoms with Crippen LogP contribution < -0.4 is 0 Å². The molecule has 4 heteroatoms. The number of carboxylic acids is 1. The number of benzene rings is 1. The highest BCUT2D eigenvalue weighted by atomic mass is 35.5. The summed E-state index contributed by atoms with van der Waals surface area (Å²) in [6.45, 7) is 0. The molecule has 1 aromatic rings. The Balaban J connectivity index is 2.85. The fourth-order valence-electron chi connectivity index (χ4n) is 0.806. The van der Waals surface area contributed by atoms with Crippen LogP contribution in [0.2, 0.25) is 5.02 Å². The highest BCUT2D eigenvalue weighted by molar-refractivity contribution is 6.31. The maximum absolute atomic E-state index is 12.6. The van der Waals surface area contributed by atoms with Gasteiger partial charge in [0, 0.05) is 5.56 Å². The van der Waals surface area contributed by atoms with E-state index in [1.165, 1.54) is 12.1 Å². The third-order valence-electron chi connectivity index (χ3n) is 1.39. The average molecular weight is 213 g/mol. The van der Waals surface area contributed by atoms with E-state index in [-0.39, 0.29) is 11.4 Å². The van der Waals surface area contributed by atoms with Crippen LogP contribution in [0.5, 0.6) is 0 Å². The molecule has 2 nitrogen and oxygen atoms in total. The van der Waals surface area contributed by atoms with Gasteiger partial charge in [-0.1, -0.05) is 23.4 Å². The molecule has 0 radical (unpaired) electrons. The first-order chi connectivity index (χ1) is 6.59. The first-order valence-electron chi connectivity index (χ1n) is 3.75. The van der Waals surface area contributed by atoms with Crippen molar-refractivity contribution in [2.24, 2.45) is 0 Å². The number of hydrogen-bond donors (Lipinski definition) is 1. The molecule has 0 aromatic heterocycles. The molecule has 1 N–H and O–H groups in total. The van der Waals surface area contributed by atoms with Gasteiger partial charge in [0.25, 0.3) is 0 Å². The lowest BCUT2D eigenvalue weighted by atomic mass is 10.2. The molecule has 1 rings (SSSR count). The maximum Gasteiger partial charge on any atom is 0.315 e. The lowest BCUT2D eigenvalue weighted by molar-refractivity contribution is -0.135. The number of carboxylic acid groups (broad SMARTS) is 1. The summed E-state index contributed by atoms with van der Waals surface area (Å²) in [4.78, 5) is 10.1.